The minimum absolute atomic E-state index is 0.120. The lowest BCUT2D eigenvalue weighted by Gasteiger charge is -2.16. The molecule has 5 rings (SSSR count). The Morgan fingerprint density at radius 3 is 2.41 bits per heavy atom. The molecule has 148 valence electrons. The van der Waals surface area contributed by atoms with Gasteiger partial charge in [0.15, 0.2) is 23.0 Å². The molecule has 0 unspecified atom stereocenters. The van der Waals surface area contributed by atoms with E-state index in [2.05, 4.69) is 0 Å². The second kappa shape index (κ2) is 6.48. The van der Waals surface area contributed by atoms with E-state index in [9.17, 15) is 4.79 Å². The highest BCUT2D eigenvalue weighted by Crippen LogP contribution is 2.50. The normalized spacial score (nSPS) is 14.0. The molecule has 0 amide bonds. The molecule has 0 atom stereocenters. The molecule has 0 saturated carbocycles. The first-order valence-electron chi connectivity index (χ1n) is 9.02. The molecule has 0 spiro atoms. The van der Waals surface area contributed by atoms with Gasteiger partial charge in [-0.2, -0.15) is 0 Å². The van der Waals surface area contributed by atoms with Crippen molar-refractivity contribution in [3.63, 3.8) is 0 Å². The van der Waals surface area contributed by atoms with Crippen molar-refractivity contribution < 1.29 is 33.2 Å². The van der Waals surface area contributed by atoms with Crippen LogP contribution in [0.3, 0.4) is 0 Å². The van der Waals surface area contributed by atoms with Crippen LogP contribution >= 0.6 is 0 Å². The van der Waals surface area contributed by atoms with Crippen molar-refractivity contribution in [1.29, 1.82) is 0 Å². The van der Waals surface area contributed by atoms with E-state index < -0.39 is 0 Å². The molecule has 0 bridgehead atoms. The molecule has 2 aliphatic rings. The second-order valence-corrected chi connectivity index (χ2v) is 6.67. The van der Waals surface area contributed by atoms with Gasteiger partial charge in [0.05, 0.1) is 26.9 Å². The van der Waals surface area contributed by atoms with E-state index in [0.29, 0.717) is 34.3 Å². The summed E-state index contributed by atoms with van der Waals surface area (Å²) in [5, 5.41) is 1.62. The van der Waals surface area contributed by atoms with E-state index in [1.165, 1.54) is 0 Å². The van der Waals surface area contributed by atoms with Crippen LogP contribution in [-0.4, -0.2) is 34.1 Å². The number of hydrogen-bond donors (Lipinski definition) is 0. The van der Waals surface area contributed by atoms with Crippen molar-refractivity contribution in [3.8, 4) is 39.9 Å². The molecule has 0 aliphatic carbocycles. The number of carbonyl (C=O) groups excluding carboxylic acids is 1. The topological polar surface area (TPSA) is 72.5 Å². The van der Waals surface area contributed by atoms with Gasteiger partial charge in [0, 0.05) is 16.5 Å². The first kappa shape index (κ1) is 17.5. The molecule has 2 aliphatic heterocycles. The maximum atomic E-state index is 12.6. The Balaban J connectivity index is 1.89. The van der Waals surface area contributed by atoms with Gasteiger partial charge in [-0.25, -0.2) is 4.79 Å². The summed E-state index contributed by atoms with van der Waals surface area (Å²) in [5.41, 5.74) is 2.86. The number of benzene rings is 3. The van der Waals surface area contributed by atoms with E-state index in [1.807, 2.05) is 30.3 Å². The number of ether oxygens (including phenoxy) is 6. The van der Waals surface area contributed by atoms with Crippen LogP contribution in [0.25, 0.3) is 21.9 Å². The zero-order valence-electron chi connectivity index (χ0n) is 16.2. The van der Waals surface area contributed by atoms with Gasteiger partial charge in [-0.1, -0.05) is 6.07 Å². The van der Waals surface area contributed by atoms with Crippen molar-refractivity contribution in [3.05, 3.63) is 41.5 Å². The Kier molecular flexibility index (Phi) is 3.91. The lowest BCUT2D eigenvalue weighted by molar-refractivity contribution is 0.0535. The summed E-state index contributed by atoms with van der Waals surface area (Å²) in [5.74, 6) is 2.51. The Hall–Kier alpha value is -3.61. The van der Waals surface area contributed by atoms with Crippen LogP contribution in [0, 0.1) is 0 Å². The van der Waals surface area contributed by atoms with E-state index in [4.69, 9.17) is 28.4 Å². The molecule has 3 aromatic rings. The molecule has 0 saturated heterocycles. The zero-order valence-corrected chi connectivity index (χ0v) is 16.2. The molecule has 0 radical (unpaired) electrons. The minimum atomic E-state index is -0.358. The van der Waals surface area contributed by atoms with Crippen molar-refractivity contribution >= 4 is 16.7 Å². The summed E-state index contributed by atoms with van der Waals surface area (Å²) in [4.78, 5) is 12.6. The summed E-state index contributed by atoms with van der Waals surface area (Å²) < 4.78 is 33.0. The van der Waals surface area contributed by atoms with Gasteiger partial charge in [-0.05, 0) is 35.2 Å². The third-order valence-corrected chi connectivity index (χ3v) is 5.26. The number of fused-ring (bicyclic) bond motifs is 3. The van der Waals surface area contributed by atoms with Crippen molar-refractivity contribution in [1.82, 2.24) is 0 Å². The molecule has 2 heterocycles. The fourth-order valence-corrected chi connectivity index (χ4v) is 3.98. The molecule has 0 fully saturated rings. The zero-order chi connectivity index (χ0) is 20.1. The monoisotopic (exact) mass is 394 g/mol. The van der Waals surface area contributed by atoms with Crippen molar-refractivity contribution in [2.24, 2.45) is 0 Å². The van der Waals surface area contributed by atoms with Crippen LogP contribution in [0.2, 0.25) is 0 Å². The molecule has 0 N–H and O–H groups in total. The first-order valence-corrected chi connectivity index (χ1v) is 9.02. The number of esters is 1. The third-order valence-electron chi connectivity index (χ3n) is 5.26. The molecule has 0 aromatic heterocycles. The van der Waals surface area contributed by atoms with Gasteiger partial charge in [-0.3, -0.25) is 0 Å². The van der Waals surface area contributed by atoms with Crippen molar-refractivity contribution in [2.45, 2.75) is 6.61 Å². The fraction of sp³-hybridized carbons (Fsp3) is 0.227. The predicted octanol–water partition coefficient (Wildman–Crippen LogP) is 3.93. The molecule has 7 heteroatoms. The van der Waals surface area contributed by atoms with Crippen LogP contribution in [0.15, 0.2) is 30.3 Å². The first-order chi connectivity index (χ1) is 14.2. The summed E-state index contributed by atoms with van der Waals surface area (Å²) in [6.45, 7) is 0.331. The van der Waals surface area contributed by atoms with E-state index in [1.54, 1.807) is 21.3 Å². The van der Waals surface area contributed by atoms with Gasteiger partial charge >= 0.3 is 5.97 Å². The van der Waals surface area contributed by atoms with Gasteiger partial charge in [0.2, 0.25) is 12.5 Å². The smallest absolute Gasteiger partial charge is 0.339 e. The Bertz CT molecular complexity index is 1170. The average molecular weight is 394 g/mol. The lowest BCUT2D eigenvalue weighted by atomic mass is 9.89. The summed E-state index contributed by atoms with van der Waals surface area (Å²) in [7, 11) is 4.74. The number of rotatable bonds is 4. The SMILES string of the molecule is COc1ccc(-c2c3c(cc4c(OC)c5c(cc24)OCO5)COC3=O)cc1OC. The standard InChI is InChI=1S/C22H18O7/c1-24-15-5-4-11(7-16(15)25-2)18-13-8-17-21(29-10-28-17)20(26-3)14(13)6-12-9-27-22(23)19(12)18/h4-8H,9-10H2,1-3H3. The van der Waals surface area contributed by atoms with Crippen LogP contribution in [0.1, 0.15) is 15.9 Å². The molecule has 29 heavy (non-hydrogen) atoms. The highest BCUT2D eigenvalue weighted by Gasteiger charge is 2.31. The van der Waals surface area contributed by atoms with Gasteiger partial charge in [0.1, 0.15) is 6.61 Å². The highest BCUT2D eigenvalue weighted by atomic mass is 16.7. The second-order valence-electron chi connectivity index (χ2n) is 6.67. The molecular weight excluding hydrogens is 376 g/mol. The average Bonchev–Trinajstić information content (AvgIpc) is 3.36. The molecule has 3 aromatic carbocycles. The van der Waals surface area contributed by atoms with Crippen molar-refractivity contribution in [2.75, 3.05) is 28.1 Å². The Morgan fingerprint density at radius 1 is 0.828 bits per heavy atom. The van der Waals surface area contributed by atoms with Crippen LogP contribution in [-0.2, 0) is 11.3 Å². The third kappa shape index (κ3) is 2.47. The summed E-state index contributed by atoms with van der Waals surface area (Å²) in [6, 6.07) is 9.33. The molecule has 7 nitrogen and oxygen atoms in total. The number of carbonyl (C=O) groups is 1. The largest absolute Gasteiger partial charge is 0.493 e. The van der Waals surface area contributed by atoms with E-state index in [0.717, 1.165) is 27.5 Å². The summed E-state index contributed by atoms with van der Waals surface area (Å²) in [6.07, 6.45) is 0. The van der Waals surface area contributed by atoms with Crippen LogP contribution in [0.4, 0.5) is 0 Å². The Labute approximate surface area is 166 Å². The summed E-state index contributed by atoms with van der Waals surface area (Å²) >= 11 is 0. The predicted molar refractivity (Wildman–Crippen MR) is 104 cm³/mol. The quantitative estimate of drug-likeness (QED) is 0.621. The van der Waals surface area contributed by atoms with Crippen LogP contribution < -0.4 is 23.7 Å². The van der Waals surface area contributed by atoms with E-state index in [-0.39, 0.29) is 19.4 Å². The van der Waals surface area contributed by atoms with Crippen LogP contribution in [0.5, 0.6) is 28.7 Å². The van der Waals surface area contributed by atoms with Gasteiger partial charge in [-0.15, -0.1) is 0 Å². The maximum absolute atomic E-state index is 12.6. The number of methoxy groups -OCH3 is 3. The van der Waals surface area contributed by atoms with Gasteiger partial charge < -0.3 is 28.4 Å². The minimum Gasteiger partial charge on any atom is -0.493 e. The fourth-order valence-electron chi connectivity index (χ4n) is 3.98. The van der Waals surface area contributed by atoms with Gasteiger partial charge in [0.25, 0.3) is 0 Å². The highest BCUT2D eigenvalue weighted by molar-refractivity contribution is 6.13. The number of hydrogen-bond acceptors (Lipinski definition) is 7. The lowest BCUT2D eigenvalue weighted by Crippen LogP contribution is -2.00. The Morgan fingerprint density at radius 2 is 1.66 bits per heavy atom. The van der Waals surface area contributed by atoms with E-state index >= 15 is 0 Å². The molecular formula is C22H18O7. The maximum Gasteiger partial charge on any atom is 0.339 e. The number of cyclic esters (lactones) is 1.